The summed E-state index contributed by atoms with van der Waals surface area (Å²) in [6.07, 6.45) is 1.28. The van der Waals surface area contributed by atoms with E-state index in [0.29, 0.717) is 17.9 Å². The quantitative estimate of drug-likeness (QED) is 0.672. The number of hydrogen-bond donors (Lipinski definition) is 1. The molecule has 0 atom stereocenters. The molecule has 1 N–H and O–H groups in total. The van der Waals surface area contributed by atoms with Crippen molar-refractivity contribution in [3.8, 4) is 11.6 Å². The highest BCUT2D eigenvalue weighted by Gasteiger charge is 2.17. The van der Waals surface area contributed by atoms with E-state index in [1.54, 1.807) is 0 Å². The molecule has 2 aromatic rings. The monoisotopic (exact) mass is 292 g/mol. The Balaban J connectivity index is 2.29. The van der Waals surface area contributed by atoms with Crippen LogP contribution in [0, 0.1) is 22.9 Å². The number of hydrogen-bond acceptors (Lipinski definition) is 6. The van der Waals surface area contributed by atoms with Crippen LogP contribution in [-0.2, 0) is 0 Å². The third-order valence-electron chi connectivity index (χ3n) is 2.66. The van der Waals surface area contributed by atoms with Crippen LogP contribution in [0.25, 0.3) is 0 Å². The second-order valence-electron chi connectivity index (χ2n) is 4.20. The van der Waals surface area contributed by atoms with Gasteiger partial charge >= 0.3 is 0 Å². The van der Waals surface area contributed by atoms with E-state index in [1.807, 2.05) is 6.92 Å². The van der Waals surface area contributed by atoms with Crippen molar-refractivity contribution in [3.63, 3.8) is 0 Å². The summed E-state index contributed by atoms with van der Waals surface area (Å²) < 4.78 is 19.2. The largest absolute Gasteiger partial charge is 0.436 e. The molecular weight excluding hydrogens is 279 g/mol. The summed E-state index contributed by atoms with van der Waals surface area (Å²) in [5.41, 5.74) is 0.00763. The van der Waals surface area contributed by atoms with Gasteiger partial charge in [0.15, 0.2) is 11.6 Å². The van der Waals surface area contributed by atoms with E-state index in [1.165, 1.54) is 25.4 Å². The smallest absolute Gasteiger partial charge is 0.275 e. The fourth-order valence-corrected chi connectivity index (χ4v) is 1.71. The first-order valence-corrected chi connectivity index (χ1v) is 6.19. The van der Waals surface area contributed by atoms with Crippen LogP contribution in [0.5, 0.6) is 11.6 Å². The number of rotatable bonds is 5. The number of nitrogens with one attached hydrogen (secondary N) is 1. The van der Waals surface area contributed by atoms with Gasteiger partial charge in [0.25, 0.3) is 5.69 Å². The van der Waals surface area contributed by atoms with Crippen LogP contribution >= 0.6 is 0 Å². The van der Waals surface area contributed by atoms with E-state index in [0.717, 1.165) is 6.07 Å². The summed E-state index contributed by atoms with van der Waals surface area (Å²) >= 11 is 0. The van der Waals surface area contributed by atoms with Crippen molar-refractivity contribution in [1.82, 2.24) is 9.97 Å². The number of halogens is 1. The number of nitro benzene ring substituents is 1. The Morgan fingerprint density at radius 3 is 2.81 bits per heavy atom. The van der Waals surface area contributed by atoms with Gasteiger partial charge in [0.2, 0.25) is 5.88 Å². The molecule has 0 saturated heterocycles. The summed E-state index contributed by atoms with van der Waals surface area (Å²) in [7, 11) is 0. The number of nitro groups is 1. The summed E-state index contributed by atoms with van der Waals surface area (Å²) in [5, 5.41) is 13.7. The van der Waals surface area contributed by atoms with Crippen LogP contribution in [0.2, 0.25) is 0 Å². The number of aromatic nitrogens is 2. The minimum absolute atomic E-state index is 0.126. The molecule has 7 nitrogen and oxygen atoms in total. The van der Waals surface area contributed by atoms with Crippen LogP contribution in [0.4, 0.5) is 15.9 Å². The van der Waals surface area contributed by atoms with Gasteiger partial charge in [0.05, 0.1) is 11.0 Å². The molecule has 8 heteroatoms. The van der Waals surface area contributed by atoms with Crippen molar-refractivity contribution < 1.29 is 14.1 Å². The van der Waals surface area contributed by atoms with E-state index < -0.39 is 10.7 Å². The van der Waals surface area contributed by atoms with E-state index >= 15 is 0 Å². The Bertz CT molecular complexity index is 678. The fourth-order valence-electron chi connectivity index (χ4n) is 1.71. The number of nitrogens with zero attached hydrogens (tertiary/aromatic N) is 3. The maximum absolute atomic E-state index is 13.8. The molecule has 0 aliphatic rings. The maximum Gasteiger partial charge on any atom is 0.275 e. The lowest BCUT2D eigenvalue weighted by molar-refractivity contribution is -0.385. The zero-order valence-electron chi connectivity index (χ0n) is 11.5. The van der Waals surface area contributed by atoms with Crippen molar-refractivity contribution in [3.05, 3.63) is 46.0 Å². The van der Waals surface area contributed by atoms with Gasteiger partial charge in [-0.3, -0.25) is 10.1 Å². The third kappa shape index (κ3) is 3.41. The van der Waals surface area contributed by atoms with Gasteiger partial charge in [0, 0.05) is 18.2 Å². The predicted molar refractivity (Wildman–Crippen MR) is 74.1 cm³/mol. The van der Waals surface area contributed by atoms with E-state index in [4.69, 9.17) is 4.74 Å². The zero-order chi connectivity index (χ0) is 15.4. The Morgan fingerprint density at radius 1 is 1.38 bits per heavy atom. The molecule has 0 aliphatic carbocycles. The summed E-state index contributed by atoms with van der Waals surface area (Å²) in [4.78, 5) is 17.9. The molecule has 21 heavy (non-hydrogen) atoms. The number of benzene rings is 1. The lowest BCUT2D eigenvalue weighted by atomic mass is 10.2. The first-order valence-electron chi connectivity index (χ1n) is 6.19. The van der Waals surface area contributed by atoms with Crippen molar-refractivity contribution in [2.75, 3.05) is 11.9 Å². The van der Waals surface area contributed by atoms with Crippen LogP contribution < -0.4 is 10.1 Å². The molecule has 0 spiro atoms. The van der Waals surface area contributed by atoms with Gasteiger partial charge in [-0.15, -0.1) is 0 Å². The van der Waals surface area contributed by atoms with Gasteiger partial charge in [-0.05, 0) is 19.9 Å². The molecule has 0 fully saturated rings. The van der Waals surface area contributed by atoms with E-state index in [-0.39, 0.29) is 17.3 Å². The lowest BCUT2D eigenvalue weighted by Crippen LogP contribution is -2.01. The molecule has 1 aromatic heterocycles. The maximum atomic E-state index is 13.8. The second kappa shape index (κ2) is 6.12. The molecule has 0 aliphatic heterocycles. The third-order valence-corrected chi connectivity index (χ3v) is 2.66. The van der Waals surface area contributed by atoms with Crippen LogP contribution in [0.1, 0.15) is 12.5 Å². The molecule has 110 valence electrons. The van der Waals surface area contributed by atoms with Gasteiger partial charge in [-0.25, -0.2) is 14.4 Å². The van der Waals surface area contributed by atoms with E-state index in [2.05, 4.69) is 15.3 Å². The molecule has 0 amide bonds. The second-order valence-corrected chi connectivity index (χ2v) is 4.20. The Hall–Kier alpha value is -2.77. The highest BCUT2D eigenvalue weighted by Crippen LogP contribution is 2.30. The fraction of sp³-hybridized carbons (Fsp3) is 0.231. The Morgan fingerprint density at radius 2 is 2.14 bits per heavy atom. The molecule has 2 rings (SSSR count). The van der Waals surface area contributed by atoms with Crippen molar-refractivity contribution in [1.29, 1.82) is 0 Å². The summed E-state index contributed by atoms with van der Waals surface area (Å²) in [6, 6.07) is 3.61. The van der Waals surface area contributed by atoms with Gasteiger partial charge in [-0.1, -0.05) is 0 Å². The van der Waals surface area contributed by atoms with Crippen molar-refractivity contribution in [2.45, 2.75) is 13.8 Å². The molecule has 1 heterocycles. The first-order chi connectivity index (χ1) is 10.0. The summed E-state index contributed by atoms with van der Waals surface area (Å²) in [6.45, 7) is 4.08. The van der Waals surface area contributed by atoms with Gasteiger partial charge < -0.3 is 10.1 Å². The minimum atomic E-state index is -0.823. The number of anilines is 1. The molecule has 0 unspecified atom stereocenters. The highest BCUT2D eigenvalue weighted by atomic mass is 19.1. The Kier molecular flexibility index (Phi) is 4.27. The molecule has 1 aromatic carbocycles. The average Bonchev–Trinajstić information content (AvgIpc) is 2.43. The van der Waals surface area contributed by atoms with E-state index in [9.17, 15) is 14.5 Å². The van der Waals surface area contributed by atoms with Gasteiger partial charge in [0.1, 0.15) is 12.1 Å². The number of ether oxygens (including phenoxy) is 1. The van der Waals surface area contributed by atoms with Crippen LogP contribution in [0.15, 0.2) is 24.5 Å². The average molecular weight is 292 g/mol. The van der Waals surface area contributed by atoms with Crippen molar-refractivity contribution in [2.24, 2.45) is 0 Å². The zero-order valence-corrected chi connectivity index (χ0v) is 11.5. The Labute approximate surface area is 120 Å². The SMILES string of the molecule is CCNc1cc(Oc2cc(C)c([N+](=O)[O-])cc2F)ncn1. The first kappa shape index (κ1) is 14.6. The van der Waals surface area contributed by atoms with Crippen LogP contribution in [0.3, 0.4) is 0 Å². The molecular formula is C13H13FN4O3. The molecule has 0 radical (unpaired) electrons. The normalized spacial score (nSPS) is 10.2. The van der Waals surface area contributed by atoms with Gasteiger partial charge in [-0.2, -0.15) is 0 Å². The standard InChI is InChI=1S/C13H13FN4O3/c1-3-15-12-6-13(17-7-16-12)21-11-4-8(2)10(18(19)20)5-9(11)14/h4-7H,3H2,1-2H3,(H,15,16,17). The van der Waals surface area contributed by atoms with Crippen molar-refractivity contribution >= 4 is 11.5 Å². The summed E-state index contributed by atoms with van der Waals surface area (Å²) in [5.74, 6) is -0.259. The highest BCUT2D eigenvalue weighted by molar-refractivity contribution is 5.47. The number of aryl methyl sites for hydroxylation is 1. The van der Waals surface area contributed by atoms with Crippen LogP contribution in [-0.4, -0.2) is 21.4 Å². The molecule has 0 bridgehead atoms. The predicted octanol–water partition coefficient (Wildman–Crippen LogP) is 3.06. The minimum Gasteiger partial charge on any atom is -0.436 e. The topological polar surface area (TPSA) is 90.2 Å². The molecule has 0 saturated carbocycles. The lowest BCUT2D eigenvalue weighted by Gasteiger charge is -2.08.